The maximum absolute atomic E-state index is 11.5. The minimum Gasteiger partial charge on any atom is -0.366 e. The molecule has 1 heterocycles. The first-order chi connectivity index (χ1) is 11.0. The molecule has 1 aliphatic rings. The van der Waals surface area contributed by atoms with E-state index >= 15 is 0 Å². The van der Waals surface area contributed by atoms with E-state index in [-0.39, 0.29) is 18.6 Å². The second-order valence-electron chi connectivity index (χ2n) is 6.46. The van der Waals surface area contributed by atoms with Crippen molar-refractivity contribution < 1.29 is 9.53 Å². The number of carbonyl (C=O) groups is 1. The molecule has 1 aliphatic heterocycles. The number of hydrogen-bond donors (Lipinski definition) is 0. The molecular weight excluding hydrogens is 288 g/mol. The summed E-state index contributed by atoms with van der Waals surface area (Å²) in [6.45, 7) is 4.17. The first-order valence-electron chi connectivity index (χ1n) is 8.09. The quantitative estimate of drug-likeness (QED) is 0.851. The number of nitrogens with zero attached hydrogens (tertiary/aromatic N) is 2. The van der Waals surface area contributed by atoms with Gasteiger partial charge in [0, 0.05) is 33.2 Å². The summed E-state index contributed by atoms with van der Waals surface area (Å²) in [5.74, 6) is 0.0195. The van der Waals surface area contributed by atoms with Gasteiger partial charge in [0.15, 0.2) is 0 Å². The monoisotopic (exact) mass is 312 g/mol. The van der Waals surface area contributed by atoms with Crippen LogP contribution < -0.4 is 0 Å². The van der Waals surface area contributed by atoms with Gasteiger partial charge in [-0.2, -0.15) is 0 Å². The average molecular weight is 312 g/mol. The number of likely N-dealkylation sites (tertiary alicyclic amines) is 1. The summed E-state index contributed by atoms with van der Waals surface area (Å²) in [5.41, 5.74) is 1.33. The molecule has 0 aliphatic carbocycles. The van der Waals surface area contributed by atoms with E-state index in [9.17, 15) is 4.79 Å². The molecule has 23 heavy (non-hydrogen) atoms. The van der Waals surface area contributed by atoms with Gasteiger partial charge in [-0.05, 0) is 29.3 Å². The van der Waals surface area contributed by atoms with Crippen molar-refractivity contribution in [1.29, 1.82) is 0 Å². The average Bonchev–Trinajstić information content (AvgIpc) is 2.52. The molecule has 0 bridgehead atoms. The Bertz CT molecular complexity index is 693. The third-order valence-electron chi connectivity index (χ3n) is 4.62. The molecule has 4 nitrogen and oxygen atoms in total. The molecule has 2 aromatic carbocycles. The van der Waals surface area contributed by atoms with E-state index in [1.54, 1.807) is 19.0 Å². The van der Waals surface area contributed by atoms with Crippen molar-refractivity contribution in [3.8, 4) is 0 Å². The molecule has 0 N–H and O–H groups in total. The van der Waals surface area contributed by atoms with Gasteiger partial charge < -0.3 is 9.64 Å². The zero-order valence-corrected chi connectivity index (χ0v) is 14.0. The van der Waals surface area contributed by atoms with Crippen molar-refractivity contribution in [3.05, 3.63) is 48.0 Å². The Kier molecular flexibility index (Phi) is 4.64. The van der Waals surface area contributed by atoms with Crippen molar-refractivity contribution in [2.24, 2.45) is 0 Å². The molecule has 3 rings (SSSR count). The highest BCUT2D eigenvalue weighted by Gasteiger charge is 2.32. The van der Waals surface area contributed by atoms with Gasteiger partial charge in [-0.1, -0.05) is 36.4 Å². The normalized spacial score (nSPS) is 17.0. The van der Waals surface area contributed by atoms with Crippen LogP contribution in [-0.4, -0.2) is 55.6 Å². The van der Waals surface area contributed by atoms with E-state index in [1.807, 2.05) is 0 Å². The van der Waals surface area contributed by atoms with Gasteiger partial charge in [0.25, 0.3) is 0 Å². The highest BCUT2D eigenvalue weighted by molar-refractivity contribution is 5.83. The zero-order chi connectivity index (χ0) is 16.4. The summed E-state index contributed by atoms with van der Waals surface area (Å²) in [7, 11) is 3.50. The number of carbonyl (C=O) groups excluding carboxylic acids is 1. The SMILES string of the molecule is C[C@H](c1ccc2ccccc2c1)N1CC(OCC(=O)N(C)C)C1. The Morgan fingerprint density at radius 3 is 2.61 bits per heavy atom. The van der Waals surface area contributed by atoms with Crippen LogP contribution in [0.1, 0.15) is 18.5 Å². The fourth-order valence-electron chi connectivity index (χ4n) is 2.89. The maximum Gasteiger partial charge on any atom is 0.248 e. The second-order valence-corrected chi connectivity index (χ2v) is 6.46. The van der Waals surface area contributed by atoms with E-state index in [4.69, 9.17) is 4.74 Å². The molecule has 2 aromatic rings. The van der Waals surface area contributed by atoms with Gasteiger partial charge in [-0.15, -0.1) is 0 Å². The van der Waals surface area contributed by atoms with E-state index in [2.05, 4.69) is 54.3 Å². The lowest BCUT2D eigenvalue weighted by atomic mass is 9.99. The van der Waals surface area contributed by atoms with Crippen LogP contribution in [0.25, 0.3) is 10.8 Å². The molecule has 0 unspecified atom stereocenters. The highest BCUT2D eigenvalue weighted by atomic mass is 16.5. The molecule has 1 atom stereocenters. The van der Waals surface area contributed by atoms with Gasteiger partial charge in [-0.3, -0.25) is 9.69 Å². The van der Waals surface area contributed by atoms with Crippen LogP contribution in [0.3, 0.4) is 0 Å². The molecule has 0 aromatic heterocycles. The van der Waals surface area contributed by atoms with Crippen LogP contribution in [0, 0.1) is 0 Å². The lowest BCUT2D eigenvalue weighted by Crippen LogP contribution is -2.53. The van der Waals surface area contributed by atoms with Crippen LogP contribution in [0.5, 0.6) is 0 Å². The second kappa shape index (κ2) is 6.69. The third-order valence-corrected chi connectivity index (χ3v) is 4.62. The van der Waals surface area contributed by atoms with Crippen LogP contribution in [0.4, 0.5) is 0 Å². The smallest absolute Gasteiger partial charge is 0.248 e. The largest absolute Gasteiger partial charge is 0.366 e. The van der Waals surface area contributed by atoms with Crippen molar-refractivity contribution in [2.75, 3.05) is 33.8 Å². The van der Waals surface area contributed by atoms with E-state index in [1.165, 1.54) is 16.3 Å². The van der Waals surface area contributed by atoms with Crippen LogP contribution in [0.2, 0.25) is 0 Å². The summed E-state index contributed by atoms with van der Waals surface area (Å²) >= 11 is 0. The van der Waals surface area contributed by atoms with Crippen molar-refractivity contribution in [2.45, 2.75) is 19.1 Å². The molecule has 0 spiro atoms. The first-order valence-corrected chi connectivity index (χ1v) is 8.09. The van der Waals surface area contributed by atoms with Crippen molar-refractivity contribution >= 4 is 16.7 Å². The molecule has 122 valence electrons. The van der Waals surface area contributed by atoms with Crippen LogP contribution in [-0.2, 0) is 9.53 Å². The fourth-order valence-corrected chi connectivity index (χ4v) is 2.89. The van der Waals surface area contributed by atoms with Gasteiger partial charge in [-0.25, -0.2) is 0 Å². The van der Waals surface area contributed by atoms with Crippen LogP contribution >= 0.6 is 0 Å². The Morgan fingerprint density at radius 1 is 1.22 bits per heavy atom. The van der Waals surface area contributed by atoms with Gasteiger partial charge >= 0.3 is 0 Å². The van der Waals surface area contributed by atoms with Gasteiger partial charge in [0.2, 0.25) is 5.91 Å². The standard InChI is InChI=1S/C19H24N2O2/c1-14(16-9-8-15-6-4-5-7-17(15)10-16)21-11-18(12-21)23-13-19(22)20(2)3/h4-10,14,18H,11-13H2,1-3H3/t14-/m1/s1. The van der Waals surface area contributed by atoms with E-state index < -0.39 is 0 Å². The molecule has 1 saturated heterocycles. The topological polar surface area (TPSA) is 32.8 Å². The van der Waals surface area contributed by atoms with Gasteiger partial charge in [0.05, 0.1) is 6.10 Å². The Hall–Kier alpha value is -1.91. The Balaban J connectivity index is 1.55. The van der Waals surface area contributed by atoms with E-state index in [0.717, 1.165) is 13.1 Å². The summed E-state index contributed by atoms with van der Waals surface area (Å²) in [6, 6.07) is 15.5. The number of rotatable bonds is 5. The number of fused-ring (bicyclic) bond motifs is 1. The molecule has 1 fully saturated rings. The number of ether oxygens (including phenoxy) is 1. The Labute approximate surface area is 137 Å². The Morgan fingerprint density at radius 2 is 1.91 bits per heavy atom. The molecule has 1 amide bonds. The molecule has 4 heteroatoms. The minimum atomic E-state index is 0.0195. The minimum absolute atomic E-state index is 0.0195. The summed E-state index contributed by atoms with van der Waals surface area (Å²) in [6.07, 6.45) is 0.168. The highest BCUT2D eigenvalue weighted by Crippen LogP contribution is 2.28. The number of likely N-dealkylation sites (N-methyl/N-ethyl adjacent to an activating group) is 1. The lowest BCUT2D eigenvalue weighted by molar-refractivity contribution is -0.141. The number of amides is 1. The fraction of sp³-hybridized carbons (Fsp3) is 0.421. The summed E-state index contributed by atoms with van der Waals surface area (Å²) in [5, 5.41) is 2.55. The molecule has 0 saturated carbocycles. The predicted octanol–water partition coefficient (Wildman–Crippen LogP) is 2.69. The van der Waals surface area contributed by atoms with E-state index in [0.29, 0.717) is 6.04 Å². The number of hydrogen-bond acceptors (Lipinski definition) is 3. The maximum atomic E-state index is 11.5. The summed E-state index contributed by atoms with van der Waals surface area (Å²) in [4.78, 5) is 15.5. The third kappa shape index (κ3) is 3.54. The lowest BCUT2D eigenvalue weighted by Gasteiger charge is -2.43. The molecular formula is C19H24N2O2. The van der Waals surface area contributed by atoms with Gasteiger partial charge in [0.1, 0.15) is 6.61 Å². The summed E-state index contributed by atoms with van der Waals surface area (Å²) < 4.78 is 5.65. The molecule has 0 radical (unpaired) electrons. The zero-order valence-electron chi connectivity index (χ0n) is 14.0. The predicted molar refractivity (Wildman–Crippen MR) is 92.4 cm³/mol. The first kappa shape index (κ1) is 16.0. The van der Waals surface area contributed by atoms with Crippen molar-refractivity contribution in [1.82, 2.24) is 9.80 Å². The number of benzene rings is 2. The van der Waals surface area contributed by atoms with Crippen molar-refractivity contribution in [3.63, 3.8) is 0 Å². The van der Waals surface area contributed by atoms with Crippen LogP contribution in [0.15, 0.2) is 42.5 Å².